The predicted octanol–water partition coefficient (Wildman–Crippen LogP) is 1.30. The number of alkyl carbamates (subject to hydrolysis) is 1. The van der Waals surface area contributed by atoms with Gasteiger partial charge in [-0.15, -0.1) is 0 Å². The van der Waals surface area contributed by atoms with E-state index in [1.54, 1.807) is 23.8 Å². The van der Waals surface area contributed by atoms with Gasteiger partial charge in [0.1, 0.15) is 5.88 Å². The molecular formula is C13H17N5O5S. The summed E-state index contributed by atoms with van der Waals surface area (Å²) in [5.41, 5.74) is 8.98. The molecule has 0 saturated heterocycles. The van der Waals surface area contributed by atoms with Crippen molar-refractivity contribution < 1.29 is 22.7 Å². The summed E-state index contributed by atoms with van der Waals surface area (Å²) in [5, 5.41) is 5.44. The average Bonchev–Trinajstić information content (AvgIpc) is 2.53. The van der Waals surface area contributed by atoms with E-state index < -0.39 is 27.9 Å². The van der Waals surface area contributed by atoms with Crippen molar-refractivity contribution in [1.82, 2.24) is 10.0 Å². The van der Waals surface area contributed by atoms with Gasteiger partial charge in [-0.1, -0.05) is 17.2 Å². The van der Waals surface area contributed by atoms with Crippen LogP contribution in [-0.2, 0) is 21.2 Å². The predicted molar refractivity (Wildman–Crippen MR) is 85.6 cm³/mol. The Bertz CT molecular complexity index is 743. The van der Waals surface area contributed by atoms with Crippen LogP contribution in [0.25, 0.3) is 10.4 Å². The zero-order valence-electron chi connectivity index (χ0n) is 12.9. The molecule has 0 aliphatic carbocycles. The van der Waals surface area contributed by atoms with Crippen molar-refractivity contribution in [3.63, 3.8) is 0 Å². The molecule has 130 valence electrons. The molecular weight excluding hydrogens is 338 g/mol. The van der Waals surface area contributed by atoms with Gasteiger partial charge in [0.05, 0.1) is 6.61 Å². The number of amides is 2. The quantitative estimate of drug-likeness (QED) is 0.409. The van der Waals surface area contributed by atoms with Crippen LogP contribution < -0.4 is 10.0 Å². The highest BCUT2D eigenvalue weighted by molar-refractivity contribution is 7.90. The topological polar surface area (TPSA) is 150 Å². The van der Waals surface area contributed by atoms with E-state index in [9.17, 15) is 18.0 Å². The maximum absolute atomic E-state index is 11.9. The first kappa shape index (κ1) is 19.3. The lowest BCUT2D eigenvalue weighted by Crippen LogP contribution is -2.32. The number of carbonyl (C=O) groups excluding carboxylic acids is 2. The van der Waals surface area contributed by atoms with Crippen molar-refractivity contribution in [2.24, 2.45) is 5.11 Å². The largest absolute Gasteiger partial charge is 0.450 e. The molecule has 1 aromatic carbocycles. The van der Waals surface area contributed by atoms with Crippen LogP contribution >= 0.6 is 0 Å². The van der Waals surface area contributed by atoms with Crippen molar-refractivity contribution >= 4 is 22.0 Å². The summed E-state index contributed by atoms with van der Waals surface area (Å²) < 4.78 is 29.5. The van der Waals surface area contributed by atoms with Gasteiger partial charge in [-0.05, 0) is 36.6 Å². The van der Waals surface area contributed by atoms with Crippen molar-refractivity contribution in [1.29, 1.82) is 0 Å². The Morgan fingerprint density at radius 3 is 2.79 bits per heavy atom. The number of nitrogens with one attached hydrogen (secondary N) is 2. The molecule has 0 radical (unpaired) electrons. The first-order valence-electron chi connectivity index (χ1n) is 6.93. The Labute approximate surface area is 138 Å². The number of ether oxygens (including phenoxy) is 1. The number of azide groups is 1. The van der Waals surface area contributed by atoms with Crippen LogP contribution in [0.15, 0.2) is 29.4 Å². The second-order valence-electron chi connectivity index (χ2n) is 4.50. The molecule has 0 aromatic heterocycles. The van der Waals surface area contributed by atoms with Crippen molar-refractivity contribution in [3.8, 4) is 0 Å². The zero-order valence-corrected chi connectivity index (χ0v) is 13.7. The van der Waals surface area contributed by atoms with Gasteiger partial charge in [-0.25, -0.2) is 17.9 Å². The molecule has 24 heavy (non-hydrogen) atoms. The summed E-state index contributed by atoms with van der Waals surface area (Å²) in [6.07, 6.45) is -0.0960. The number of rotatable bonds is 8. The molecule has 0 bridgehead atoms. The van der Waals surface area contributed by atoms with Crippen LogP contribution in [0, 0.1) is 0 Å². The SMILES string of the molecule is CCOC(=O)NCCc1cccc(C(=O)NS(=O)(=O)CN=[N+]=[N-])c1. The second-order valence-corrected chi connectivity index (χ2v) is 6.20. The molecule has 0 aliphatic heterocycles. The normalized spacial score (nSPS) is 10.4. The summed E-state index contributed by atoms with van der Waals surface area (Å²) in [6, 6.07) is 6.28. The Hall–Kier alpha value is -2.78. The van der Waals surface area contributed by atoms with E-state index in [0.29, 0.717) is 13.0 Å². The van der Waals surface area contributed by atoms with Gasteiger partial charge in [0.25, 0.3) is 5.91 Å². The average molecular weight is 355 g/mol. The molecule has 0 saturated carbocycles. The fourth-order valence-corrected chi connectivity index (χ4v) is 2.36. The van der Waals surface area contributed by atoms with E-state index in [2.05, 4.69) is 15.3 Å². The van der Waals surface area contributed by atoms with Gasteiger partial charge < -0.3 is 10.1 Å². The van der Waals surface area contributed by atoms with E-state index in [0.717, 1.165) is 5.56 Å². The summed E-state index contributed by atoms with van der Waals surface area (Å²) in [4.78, 5) is 25.4. The van der Waals surface area contributed by atoms with Gasteiger partial charge in [0.15, 0.2) is 0 Å². The number of carbonyl (C=O) groups is 2. The van der Waals surface area contributed by atoms with Gasteiger partial charge in [-0.3, -0.25) is 4.79 Å². The number of hydrogen-bond acceptors (Lipinski definition) is 6. The summed E-state index contributed by atoms with van der Waals surface area (Å²) >= 11 is 0. The fraction of sp³-hybridized carbons (Fsp3) is 0.385. The van der Waals surface area contributed by atoms with Gasteiger partial charge in [-0.2, -0.15) is 0 Å². The van der Waals surface area contributed by atoms with E-state index >= 15 is 0 Å². The molecule has 0 spiro atoms. The van der Waals surface area contributed by atoms with Crippen LogP contribution in [0.5, 0.6) is 0 Å². The van der Waals surface area contributed by atoms with E-state index in [1.165, 1.54) is 12.1 Å². The molecule has 10 nitrogen and oxygen atoms in total. The molecule has 0 aliphatic rings. The Kier molecular flexibility index (Phi) is 7.53. The Morgan fingerprint density at radius 2 is 2.12 bits per heavy atom. The molecule has 1 aromatic rings. The molecule has 0 fully saturated rings. The second kappa shape index (κ2) is 9.38. The van der Waals surface area contributed by atoms with Crippen LogP contribution in [-0.4, -0.2) is 39.4 Å². The first-order chi connectivity index (χ1) is 11.4. The summed E-state index contributed by atoms with van der Waals surface area (Å²) in [5.74, 6) is -1.69. The third-order valence-corrected chi connectivity index (χ3v) is 3.64. The minimum absolute atomic E-state index is 0.133. The lowest BCUT2D eigenvalue weighted by molar-refractivity contribution is 0.0981. The minimum atomic E-state index is -4.03. The van der Waals surface area contributed by atoms with Gasteiger partial charge >= 0.3 is 6.09 Å². The standard InChI is InChI=1S/C13H17N5O5S/c1-2-23-13(20)15-7-6-10-4-3-5-11(8-10)12(19)17-24(21,22)9-16-18-14/h3-5,8H,2,6-7,9H2,1H3,(H,15,20)(H,17,19). The molecule has 0 unspecified atom stereocenters. The molecule has 11 heteroatoms. The molecule has 1 rings (SSSR count). The van der Waals surface area contributed by atoms with Crippen LogP contribution in [0.2, 0.25) is 0 Å². The third kappa shape index (κ3) is 6.99. The number of sulfonamides is 1. The monoisotopic (exact) mass is 355 g/mol. The molecule has 0 atom stereocenters. The van der Waals surface area contributed by atoms with E-state index in [1.807, 2.05) is 0 Å². The third-order valence-electron chi connectivity index (χ3n) is 2.69. The van der Waals surface area contributed by atoms with Crippen LogP contribution in [0.4, 0.5) is 4.79 Å². The van der Waals surface area contributed by atoms with E-state index in [4.69, 9.17) is 10.3 Å². The smallest absolute Gasteiger partial charge is 0.407 e. The van der Waals surface area contributed by atoms with Crippen molar-refractivity contribution in [2.75, 3.05) is 19.0 Å². The zero-order chi connectivity index (χ0) is 18.0. The van der Waals surface area contributed by atoms with Crippen molar-refractivity contribution in [2.45, 2.75) is 13.3 Å². The van der Waals surface area contributed by atoms with Crippen LogP contribution in [0.1, 0.15) is 22.8 Å². The van der Waals surface area contributed by atoms with Crippen molar-refractivity contribution in [3.05, 3.63) is 45.8 Å². The fourth-order valence-electron chi connectivity index (χ4n) is 1.69. The lowest BCUT2D eigenvalue weighted by Gasteiger charge is -2.08. The Balaban J connectivity index is 2.65. The summed E-state index contributed by atoms with van der Waals surface area (Å²) in [7, 11) is -4.03. The Morgan fingerprint density at radius 1 is 1.38 bits per heavy atom. The molecule has 2 N–H and O–H groups in total. The van der Waals surface area contributed by atoms with Crippen LogP contribution in [0.3, 0.4) is 0 Å². The van der Waals surface area contributed by atoms with E-state index in [-0.39, 0.29) is 12.2 Å². The van der Waals surface area contributed by atoms with Gasteiger partial charge in [0.2, 0.25) is 10.0 Å². The number of nitrogens with zero attached hydrogens (tertiary/aromatic N) is 3. The first-order valence-corrected chi connectivity index (χ1v) is 8.58. The lowest BCUT2D eigenvalue weighted by atomic mass is 10.1. The molecule has 0 heterocycles. The number of hydrogen-bond donors (Lipinski definition) is 2. The van der Waals surface area contributed by atoms with Gasteiger partial charge in [0, 0.05) is 17.0 Å². The number of benzene rings is 1. The minimum Gasteiger partial charge on any atom is -0.450 e. The highest BCUT2D eigenvalue weighted by Crippen LogP contribution is 2.06. The maximum atomic E-state index is 11.9. The summed E-state index contributed by atoms with van der Waals surface area (Å²) in [6.45, 7) is 2.27. The maximum Gasteiger partial charge on any atom is 0.407 e. The molecule has 2 amide bonds. The highest BCUT2D eigenvalue weighted by Gasteiger charge is 2.15. The highest BCUT2D eigenvalue weighted by atomic mass is 32.2.